The topological polar surface area (TPSA) is 40.5 Å². The molecular weight excluding hydrogens is 370 g/mol. The molecule has 0 bridgehead atoms. The number of aliphatic hydroxyl groups excluding tert-OH is 1. The van der Waals surface area contributed by atoms with E-state index < -0.39 is 0 Å². The van der Waals surface area contributed by atoms with E-state index in [9.17, 15) is 4.79 Å². The zero-order chi connectivity index (χ0) is 22.1. The minimum Gasteiger partial charge on any atom is -0.396 e. The standard InChI is InChI=1S/C27H41NO2/c1-21(11-12-25-23(3)10-7-16-27(25,4)5)8-6-9-22(2)20-26(30)28-17-13-24(14-18-28)15-19-29/h6,8-9,11-12,20,24,29H,7,10,13-19H2,1-5H3/b9-6+,12-11+,21-8+,22-20+. The highest BCUT2D eigenvalue weighted by Gasteiger charge is 2.26. The zero-order valence-electron chi connectivity index (χ0n) is 19.7. The van der Waals surface area contributed by atoms with Gasteiger partial charge in [0.2, 0.25) is 5.91 Å². The summed E-state index contributed by atoms with van der Waals surface area (Å²) in [4.78, 5) is 14.4. The number of nitrogens with zero attached hydrogens (tertiary/aromatic N) is 1. The van der Waals surface area contributed by atoms with Crippen molar-refractivity contribution in [3.8, 4) is 0 Å². The maximum absolute atomic E-state index is 12.5. The number of rotatable bonds is 7. The first kappa shape index (κ1) is 24.4. The van der Waals surface area contributed by atoms with Gasteiger partial charge in [0.15, 0.2) is 0 Å². The van der Waals surface area contributed by atoms with Crippen molar-refractivity contribution in [1.82, 2.24) is 4.90 Å². The fraction of sp³-hybridized carbons (Fsp3) is 0.593. The van der Waals surface area contributed by atoms with Gasteiger partial charge in [-0.25, -0.2) is 0 Å². The molecule has 0 aromatic carbocycles. The summed E-state index contributed by atoms with van der Waals surface area (Å²) in [5.74, 6) is 0.658. The highest BCUT2D eigenvalue weighted by molar-refractivity contribution is 5.88. The highest BCUT2D eigenvalue weighted by atomic mass is 16.3. The number of carbonyl (C=O) groups excluding carboxylic acids is 1. The number of hydrogen-bond acceptors (Lipinski definition) is 2. The van der Waals surface area contributed by atoms with Crippen molar-refractivity contribution in [2.24, 2.45) is 11.3 Å². The van der Waals surface area contributed by atoms with E-state index in [0.29, 0.717) is 5.92 Å². The molecule has 1 amide bonds. The van der Waals surface area contributed by atoms with Crippen LogP contribution in [-0.4, -0.2) is 35.6 Å². The van der Waals surface area contributed by atoms with Crippen LogP contribution in [0.5, 0.6) is 0 Å². The van der Waals surface area contributed by atoms with Crippen molar-refractivity contribution in [2.45, 2.75) is 73.1 Å². The number of aliphatic hydroxyl groups is 1. The molecule has 1 fully saturated rings. The second-order valence-corrected chi connectivity index (χ2v) is 9.70. The van der Waals surface area contributed by atoms with Crippen LogP contribution in [-0.2, 0) is 4.79 Å². The summed E-state index contributed by atoms with van der Waals surface area (Å²) in [6.07, 6.45) is 19.0. The molecule has 0 aromatic rings. The van der Waals surface area contributed by atoms with E-state index in [4.69, 9.17) is 5.11 Å². The smallest absolute Gasteiger partial charge is 0.246 e. The molecule has 3 nitrogen and oxygen atoms in total. The van der Waals surface area contributed by atoms with Crippen molar-refractivity contribution >= 4 is 5.91 Å². The molecule has 2 rings (SSSR count). The molecule has 1 heterocycles. The quantitative estimate of drug-likeness (QED) is 0.404. The third-order valence-corrected chi connectivity index (χ3v) is 6.59. The summed E-state index contributed by atoms with van der Waals surface area (Å²) in [5, 5.41) is 9.06. The van der Waals surface area contributed by atoms with Gasteiger partial charge in [-0.2, -0.15) is 0 Å². The molecule has 0 aromatic heterocycles. The van der Waals surface area contributed by atoms with Gasteiger partial charge in [-0.1, -0.05) is 55.4 Å². The lowest BCUT2D eigenvalue weighted by atomic mass is 9.72. The molecule has 0 saturated carbocycles. The molecule has 1 saturated heterocycles. The van der Waals surface area contributed by atoms with Crippen LogP contribution >= 0.6 is 0 Å². The molecule has 0 atom stereocenters. The molecule has 0 unspecified atom stereocenters. The summed E-state index contributed by atoms with van der Waals surface area (Å²) in [6, 6.07) is 0. The summed E-state index contributed by atoms with van der Waals surface area (Å²) in [5.41, 5.74) is 5.44. The van der Waals surface area contributed by atoms with Crippen molar-refractivity contribution in [2.75, 3.05) is 19.7 Å². The lowest BCUT2D eigenvalue weighted by Crippen LogP contribution is -2.37. The molecule has 30 heavy (non-hydrogen) atoms. The number of likely N-dealkylation sites (tertiary alicyclic amines) is 1. The summed E-state index contributed by atoms with van der Waals surface area (Å²) in [6.45, 7) is 12.9. The Morgan fingerprint density at radius 2 is 1.87 bits per heavy atom. The Kier molecular flexibility index (Phi) is 9.36. The Balaban J connectivity index is 1.90. The van der Waals surface area contributed by atoms with E-state index in [1.165, 1.54) is 36.0 Å². The zero-order valence-corrected chi connectivity index (χ0v) is 19.7. The van der Waals surface area contributed by atoms with Crippen molar-refractivity contribution < 1.29 is 9.90 Å². The second-order valence-electron chi connectivity index (χ2n) is 9.70. The Morgan fingerprint density at radius 1 is 1.17 bits per heavy atom. The van der Waals surface area contributed by atoms with Gasteiger partial charge in [0.1, 0.15) is 0 Å². The number of piperidine rings is 1. The number of amides is 1. The first-order chi connectivity index (χ1) is 14.2. The number of allylic oxidation sites excluding steroid dienone is 9. The number of hydrogen-bond donors (Lipinski definition) is 1. The lowest BCUT2D eigenvalue weighted by Gasteiger charge is -2.32. The van der Waals surface area contributed by atoms with Gasteiger partial charge >= 0.3 is 0 Å². The van der Waals surface area contributed by atoms with Crippen LogP contribution in [0.25, 0.3) is 0 Å². The van der Waals surface area contributed by atoms with Gasteiger partial charge in [0.25, 0.3) is 0 Å². The molecule has 166 valence electrons. The highest BCUT2D eigenvalue weighted by Crippen LogP contribution is 2.40. The van der Waals surface area contributed by atoms with Crippen LogP contribution in [0.4, 0.5) is 0 Å². The first-order valence-corrected chi connectivity index (χ1v) is 11.5. The molecular formula is C27H41NO2. The van der Waals surface area contributed by atoms with E-state index >= 15 is 0 Å². The van der Waals surface area contributed by atoms with E-state index in [0.717, 1.165) is 37.9 Å². The van der Waals surface area contributed by atoms with Crippen LogP contribution in [0, 0.1) is 11.3 Å². The predicted molar refractivity (Wildman–Crippen MR) is 127 cm³/mol. The molecule has 1 N–H and O–H groups in total. The molecule has 0 radical (unpaired) electrons. The van der Waals surface area contributed by atoms with E-state index in [1.54, 1.807) is 6.08 Å². The summed E-state index contributed by atoms with van der Waals surface area (Å²) < 4.78 is 0. The fourth-order valence-corrected chi connectivity index (χ4v) is 4.59. The van der Waals surface area contributed by atoms with Crippen LogP contribution < -0.4 is 0 Å². The Bertz CT molecular complexity index is 741. The monoisotopic (exact) mass is 411 g/mol. The van der Waals surface area contributed by atoms with Gasteiger partial charge < -0.3 is 10.0 Å². The lowest BCUT2D eigenvalue weighted by molar-refractivity contribution is -0.127. The van der Waals surface area contributed by atoms with Crippen molar-refractivity contribution in [3.05, 3.63) is 58.7 Å². The third kappa shape index (κ3) is 7.43. The van der Waals surface area contributed by atoms with Gasteiger partial charge in [-0.15, -0.1) is 0 Å². The van der Waals surface area contributed by atoms with E-state index in [-0.39, 0.29) is 17.9 Å². The fourth-order valence-electron chi connectivity index (χ4n) is 4.59. The van der Waals surface area contributed by atoms with Crippen LogP contribution in [0.3, 0.4) is 0 Å². The predicted octanol–water partition coefficient (Wildman–Crippen LogP) is 6.14. The Morgan fingerprint density at radius 3 is 2.50 bits per heavy atom. The van der Waals surface area contributed by atoms with Gasteiger partial charge in [0, 0.05) is 25.8 Å². The average molecular weight is 412 g/mol. The Hall–Kier alpha value is -1.87. The second kappa shape index (κ2) is 11.5. The summed E-state index contributed by atoms with van der Waals surface area (Å²) >= 11 is 0. The van der Waals surface area contributed by atoms with Crippen molar-refractivity contribution in [1.29, 1.82) is 0 Å². The molecule has 2 aliphatic rings. The van der Waals surface area contributed by atoms with Gasteiger partial charge in [0.05, 0.1) is 0 Å². The maximum Gasteiger partial charge on any atom is 0.246 e. The molecule has 0 spiro atoms. The largest absolute Gasteiger partial charge is 0.396 e. The van der Waals surface area contributed by atoms with Crippen LogP contribution in [0.1, 0.15) is 73.1 Å². The molecule has 3 heteroatoms. The average Bonchev–Trinajstić information content (AvgIpc) is 2.68. The van der Waals surface area contributed by atoms with E-state index in [1.807, 2.05) is 24.0 Å². The number of carbonyl (C=O) groups is 1. The SMILES string of the molecule is CC1=C(/C=C/C(C)=C/C=C/C(C)=C/C(=O)N2CCC(CCO)CC2)C(C)(C)CCC1. The van der Waals surface area contributed by atoms with Crippen molar-refractivity contribution in [3.63, 3.8) is 0 Å². The molecule has 1 aliphatic carbocycles. The van der Waals surface area contributed by atoms with Crippen LogP contribution in [0.2, 0.25) is 0 Å². The van der Waals surface area contributed by atoms with E-state index in [2.05, 4.69) is 45.9 Å². The van der Waals surface area contributed by atoms with Gasteiger partial charge in [-0.05, 0) is 81.8 Å². The Labute approximate surface area is 183 Å². The summed E-state index contributed by atoms with van der Waals surface area (Å²) in [7, 11) is 0. The first-order valence-electron chi connectivity index (χ1n) is 11.5. The maximum atomic E-state index is 12.5. The normalized spacial score (nSPS) is 21.9. The minimum absolute atomic E-state index is 0.0992. The third-order valence-electron chi connectivity index (χ3n) is 6.59. The molecule has 1 aliphatic heterocycles. The minimum atomic E-state index is 0.0992. The van der Waals surface area contributed by atoms with Crippen LogP contribution in [0.15, 0.2) is 58.7 Å². The van der Waals surface area contributed by atoms with Gasteiger partial charge in [-0.3, -0.25) is 4.79 Å².